The molecule has 1 fully saturated rings. The lowest BCUT2D eigenvalue weighted by Gasteiger charge is -2.19. The number of hydrogen-bond donors (Lipinski definition) is 1. The monoisotopic (exact) mass is 241 g/mol. The summed E-state index contributed by atoms with van der Waals surface area (Å²) in [5.74, 6) is 0. The molecule has 0 radical (unpaired) electrons. The van der Waals surface area contributed by atoms with E-state index in [2.05, 4.69) is 16.9 Å². The number of ether oxygens (including phenoxy) is 1. The molecular formula is C11H19N3OS. The summed E-state index contributed by atoms with van der Waals surface area (Å²) < 4.78 is 5.61. The van der Waals surface area contributed by atoms with Crippen molar-refractivity contribution in [1.29, 1.82) is 0 Å². The van der Waals surface area contributed by atoms with Crippen molar-refractivity contribution < 1.29 is 4.74 Å². The van der Waals surface area contributed by atoms with Crippen LogP contribution in [0.15, 0.2) is 5.38 Å². The predicted molar refractivity (Wildman–Crippen MR) is 67.0 cm³/mol. The number of rotatable bonds is 4. The van der Waals surface area contributed by atoms with Gasteiger partial charge >= 0.3 is 0 Å². The molecule has 4 nitrogen and oxygen atoms in total. The molecule has 1 aliphatic rings. The number of anilines is 1. The fourth-order valence-electron chi connectivity index (χ4n) is 1.83. The minimum atomic E-state index is 0.0149. The second kappa shape index (κ2) is 5.12. The third kappa shape index (κ3) is 2.72. The molecule has 0 bridgehead atoms. The van der Waals surface area contributed by atoms with Gasteiger partial charge in [0.2, 0.25) is 0 Å². The second-order valence-corrected chi connectivity index (χ2v) is 5.20. The Balaban J connectivity index is 1.94. The standard InChI is InChI=1S/C11H19N3OS/c1-8(12)10-7-16-11(13-10)14(2)6-9-4-3-5-15-9/h7-9H,3-6,12H2,1-2H3. The van der Waals surface area contributed by atoms with Crippen LogP contribution in [0.2, 0.25) is 0 Å². The van der Waals surface area contributed by atoms with Gasteiger partial charge in [0.05, 0.1) is 11.8 Å². The Bertz CT molecular complexity index is 334. The van der Waals surface area contributed by atoms with Crippen LogP contribution in [0.4, 0.5) is 5.13 Å². The maximum absolute atomic E-state index is 5.79. The molecule has 0 aliphatic carbocycles. The van der Waals surface area contributed by atoms with Crippen molar-refractivity contribution in [2.75, 3.05) is 25.1 Å². The number of nitrogens with zero attached hydrogens (tertiary/aromatic N) is 2. The lowest BCUT2D eigenvalue weighted by atomic mass is 10.2. The Labute approximate surface area is 100 Å². The average Bonchev–Trinajstić information content (AvgIpc) is 2.86. The van der Waals surface area contributed by atoms with E-state index in [-0.39, 0.29) is 6.04 Å². The fraction of sp³-hybridized carbons (Fsp3) is 0.727. The Morgan fingerprint density at radius 2 is 2.56 bits per heavy atom. The summed E-state index contributed by atoms with van der Waals surface area (Å²) in [7, 11) is 2.06. The molecule has 0 amide bonds. The molecule has 1 aromatic heterocycles. The summed E-state index contributed by atoms with van der Waals surface area (Å²) >= 11 is 1.65. The zero-order chi connectivity index (χ0) is 11.5. The largest absolute Gasteiger partial charge is 0.376 e. The summed E-state index contributed by atoms with van der Waals surface area (Å²) in [6.45, 7) is 3.78. The lowest BCUT2D eigenvalue weighted by molar-refractivity contribution is 0.116. The Morgan fingerprint density at radius 1 is 1.75 bits per heavy atom. The number of thiazole rings is 1. The molecule has 0 spiro atoms. The third-order valence-corrected chi connectivity index (χ3v) is 3.78. The van der Waals surface area contributed by atoms with Crippen LogP contribution in [0, 0.1) is 0 Å². The Hall–Kier alpha value is -0.650. The van der Waals surface area contributed by atoms with Gasteiger partial charge in [0, 0.05) is 31.6 Å². The van der Waals surface area contributed by atoms with E-state index < -0.39 is 0 Å². The van der Waals surface area contributed by atoms with Crippen molar-refractivity contribution in [2.24, 2.45) is 5.73 Å². The van der Waals surface area contributed by atoms with E-state index in [1.165, 1.54) is 6.42 Å². The lowest BCUT2D eigenvalue weighted by Crippen LogP contribution is -2.28. The van der Waals surface area contributed by atoms with Crippen LogP contribution in [-0.4, -0.2) is 31.3 Å². The normalized spacial score (nSPS) is 22.3. The van der Waals surface area contributed by atoms with Crippen molar-refractivity contribution in [1.82, 2.24) is 4.98 Å². The minimum absolute atomic E-state index is 0.0149. The first-order valence-corrected chi connectivity index (χ1v) is 6.58. The van der Waals surface area contributed by atoms with E-state index in [1.54, 1.807) is 11.3 Å². The first kappa shape index (κ1) is 11.8. The molecule has 1 aromatic rings. The van der Waals surface area contributed by atoms with E-state index >= 15 is 0 Å². The number of likely N-dealkylation sites (N-methyl/N-ethyl adjacent to an activating group) is 1. The zero-order valence-corrected chi connectivity index (χ0v) is 10.7. The zero-order valence-electron chi connectivity index (χ0n) is 9.85. The third-order valence-electron chi connectivity index (χ3n) is 2.80. The van der Waals surface area contributed by atoms with Crippen LogP contribution >= 0.6 is 11.3 Å². The SMILES string of the molecule is CC(N)c1csc(N(C)CC2CCCO2)n1. The number of nitrogens with two attached hydrogens (primary N) is 1. The Kier molecular flexibility index (Phi) is 3.78. The highest BCUT2D eigenvalue weighted by molar-refractivity contribution is 7.13. The minimum Gasteiger partial charge on any atom is -0.376 e. The molecule has 2 unspecified atom stereocenters. The van der Waals surface area contributed by atoms with E-state index in [0.717, 1.165) is 30.4 Å². The van der Waals surface area contributed by atoms with Gasteiger partial charge in [-0.3, -0.25) is 0 Å². The first-order chi connectivity index (χ1) is 7.66. The molecule has 0 aromatic carbocycles. The van der Waals surface area contributed by atoms with Crippen LogP contribution < -0.4 is 10.6 Å². The highest BCUT2D eigenvalue weighted by Gasteiger charge is 2.19. The van der Waals surface area contributed by atoms with E-state index in [1.807, 2.05) is 12.3 Å². The maximum atomic E-state index is 5.79. The molecule has 5 heteroatoms. The topological polar surface area (TPSA) is 51.4 Å². The van der Waals surface area contributed by atoms with Gasteiger partial charge in [-0.05, 0) is 19.8 Å². The van der Waals surface area contributed by atoms with Crippen molar-refractivity contribution in [3.8, 4) is 0 Å². The molecular weight excluding hydrogens is 222 g/mol. The maximum Gasteiger partial charge on any atom is 0.185 e. The predicted octanol–water partition coefficient (Wildman–Crippen LogP) is 1.78. The summed E-state index contributed by atoms with van der Waals surface area (Å²) in [6, 6.07) is 0.0149. The van der Waals surface area contributed by atoms with E-state index in [9.17, 15) is 0 Å². The molecule has 1 saturated heterocycles. The van der Waals surface area contributed by atoms with Crippen molar-refractivity contribution in [3.05, 3.63) is 11.1 Å². The van der Waals surface area contributed by atoms with Gasteiger partial charge in [-0.25, -0.2) is 4.98 Å². The molecule has 2 N–H and O–H groups in total. The van der Waals surface area contributed by atoms with Crippen LogP contribution in [0.5, 0.6) is 0 Å². The summed E-state index contributed by atoms with van der Waals surface area (Å²) in [5, 5.41) is 3.06. The quantitative estimate of drug-likeness (QED) is 0.873. The van der Waals surface area contributed by atoms with Gasteiger partial charge < -0.3 is 15.4 Å². The molecule has 2 atom stereocenters. The smallest absolute Gasteiger partial charge is 0.185 e. The van der Waals surface area contributed by atoms with E-state index in [4.69, 9.17) is 10.5 Å². The molecule has 2 heterocycles. The summed E-state index contributed by atoms with van der Waals surface area (Å²) in [6.07, 6.45) is 2.71. The van der Waals surface area contributed by atoms with Gasteiger partial charge in [0.1, 0.15) is 0 Å². The van der Waals surface area contributed by atoms with E-state index in [0.29, 0.717) is 6.10 Å². The van der Waals surface area contributed by atoms with Gasteiger partial charge in [0.25, 0.3) is 0 Å². The molecule has 90 valence electrons. The average molecular weight is 241 g/mol. The first-order valence-electron chi connectivity index (χ1n) is 5.70. The van der Waals surface area contributed by atoms with Gasteiger partial charge in [-0.1, -0.05) is 0 Å². The van der Waals surface area contributed by atoms with Crippen molar-refractivity contribution in [3.63, 3.8) is 0 Å². The van der Waals surface area contributed by atoms with Crippen LogP contribution in [0.1, 0.15) is 31.5 Å². The summed E-state index contributed by atoms with van der Waals surface area (Å²) in [5.41, 5.74) is 6.76. The van der Waals surface area contributed by atoms with Gasteiger partial charge in [0.15, 0.2) is 5.13 Å². The second-order valence-electron chi connectivity index (χ2n) is 4.36. The summed E-state index contributed by atoms with van der Waals surface area (Å²) in [4.78, 5) is 6.67. The molecule has 1 aliphatic heterocycles. The van der Waals surface area contributed by atoms with Crippen LogP contribution in [0.25, 0.3) is 0 Å². The highest BCUT2D eigenvalue weighted by atomic mass is 32.1. The van der Waals surface area contributed by atoms with Gasteiger partial charge in [-0.2, -0.15) is 0 Å². The van der Waals surface area contributed by atoms with Crippen LogP contribution in [0.3, 0.4) is 0 Å². The number of hydrogen-bond acceptors (Lipinski definition) is 5. The van der Waals surface area contributed by atoms with Crippen molar-refractivity contribution in [2.45, 2.75) is 31.9 Å². The molecule has 0 saturated carbocycles. The van der Waals surface area contributed by atoms with Crippen LogP contribution in [-0.2, 0) is 4.74 Å². The molecule has 2 rings (SSSR count). The number of aromatic nitrogens is 1. The Morgan fingerprint density at radius 3 is 3.12 bits per heavy atom. The van der Waals surface area contributed by atoms with Crippen molar-refractivity contribution >= 4 is 16.5 Å². The highest BCUT2D eigenvalue weighted by Crippen LogP contribution is 2.23. The molecule has 16 heavy (non-hydrogen) atoms. The fourth-order valence-corrected chi connectivity index (χ4v) is 2.74. The van der Waals surface area contributed by atoms with Gasteiger partial charge in [-0.15, -0.1) is 11.3 Å².